The van der Waals surface area contributed by atoms with E-state index in [2.05, 4.69) is 20.4 Å². The van der Waals surface area contributed by atoms with Crippen molar-refractivity contribution in [2.24, 2.45) is 0 Å². The van der Waals surface area contributed by atoms with Gasteiger partial charge in [0.15, 0.2) is 5.82 Å². The second-order valence-corrected chi connectivity index (χ2v) is 10.3. The maximum atomic E-state index is 11.0. The molecule has 4 aromatic heterocycles. The molecule has 0 unspecified atom stereocenters. The van der Waals surface area contributed by atoms with E-state index in [0.717, 1.165) is 32.0 Å². The second-order valence-electron chi connectivity index (χ2n) is 8.99. The molecule has 1 aliphatic heterocycles. The van der Waals surface area contributed by atoms with E-state index in [1.165, 1.54) is 6.33 Å². The summed E-state index contributed by atoms with van der Waals surface area (Å²) in [5.74, 6) is 1.67. The van der Waals surface area contributed by atoms with Crippen molar-refractivity contribution in [2.75, 3.05) is 24.7 Å². The van der Waals surface area contributed by atoms with Crippen LogP contribution in [0.1, 0.15) is 16.7 Å². The minimum Gasteiger partial charge on any atom is -0.491 e. The van der Waals surface area contributed by atoms with Gasteiger partial charge < -0.3 is 30.7 Å². The van der Waals surface area contributed by atoms with Gasteiger partial charge in [0.25, 0.3) is 0 Å². The van der Waals surface area contributed by atoms with Crippen LogP contribution in [0.15, 0.2) is 54.9 Å². The van der Waals surface area contributed by atoms with Crippen molar-refractivity contribution in [3.05, 3.63) is 65.4 Å². The van der Waals surface area contributed by atoms with E-state index in [4.69, 9.17) is 15.2 Å². The fraction of sp³-hybridized carbons (Fsp3) is 0.269. The Kier molecular flexibility index (Phi) is 5.92. The van der Waals surface area contributed by atoms with Gasteiger partial charge in [0.1, 0.15) is 54.4 Å². The minimum atomic E-state index is -1.18. The fourth-order valence-corrected chi connectivity index (χ4v) is 5.58. The number of aromatic nitrogens is 4. The summed E-state index contributed by atoms with van der Waals surface area (Å²) < 4.78 is 13.7. The third-order valence-electron chi connectivity index (χ3n) is 6.60. The third-order valence-corrected chi connectivity index (χ3v) is 7.64. The highest BCUT2D eigenvalue weighted by Crippen LogP contribution is 2.40. The molecule has 0 aliphatic carbocycles. The van der Waals surface area contributed by atoms with E-state index >= 15 is 0 Å². The average molecular weight is 519 g/mol. The van der Waals surface area contributed by atoms with Gasteiger partial charge >= 0.3 is 0 Å². The van der Waals surface area contributed by atoms with Gasteiger partial charge in [0, 0.05) is 33.8 Å². The van der Waals surface area contributed by atoms with Crippen molar-refractivity contribution in [2.45, 2.75) is 31.3 Å². The molecule has 0 radical (unpaired) electrons. The molecule has 1 aliphatic rings. The molecule has 190 valence electrons. The number of nitrogens with zero attached hydrogens (tertiary/aromatic N) is 4. The minimum absolute atomic E-state index is 0.0450. The van der Waals surface area contributed by atoms with Crippen LogP contribution in [0.25, 0.3) is 26.9 Å². The fourth-order valence-electron chi connectivity index (χ4n) is 4.70. The molecule has 0 bridgehead atoms. The summed E-state index contributed by atoms with van der Waals surface area (Å²) in [5, 5.41) is 30.2. The van der Waals surface area contributed by atoms with Crippen molar-refractivity contribution in [1.82, 2.24) is 19.6 Å². The number of nitrogen functional groups attached to an aromatic ring is 1. The zero-order chi connectivity index (χ0) is 25.7. The van der Waals surface area contributed by atoms with E-state index in [1.807, 2.05) is 62.5 Å². The highest BCUT2D eigenvalue weighted by Gasteiger charge is 2.45. The Bertz CT molecular complexity index is 1600. The van der Waals surface area contributed by atoms with Crippen LogP contribution in [0, 0.1) is 6.92 Å². The Labute approximate surface area is 216 Å². The van der Waals surface area contributed by atoms with Crippen LogP contribution in [0.4, 0.5) is 11.6 Å². The van der Waals surface area contributed by atoms with Crippen molar-refractivity contribution in [3.8, 4) is 16.2 Å². The number of nitrogens with two attached hydrogens (primary N) is 1. The monoisotopic (exact) mass is 518 g/mol. The molecule has 37 heavy (non-hydrogen) atoms. The zero-order valence-electron chi connectivity index (χ0n) is 20.2. The molecule has 0 amide bonds. The molecule has 5 aromatic rings. The number of nitrogens with one attached hydrogen (secondary N) is 1. The number of benzene rings is 1. The molecule has 11 heteroatoms. The number of hydrogen-bond donors (Lipinski definition) is 4. The number of thiophene rings is 1. The Morgan fingerprint density at radius 2 is 1.97 bits per heavy atom. The molecule has 1 aromatic carbocycles. The molecular formula is C26H26N6O4S. The van der Waals surface area contributed by atoms with Crippen molar-refractivity contribution >= 4 is 39.4 Å². The van der Waals surface area contributed by atoms with Gasteiger partial charge in [-0.15, -0.1) is 11.3 Å². The van der Waals surface area contributed by atoms with Gasteiger partial charge in [-0.1, -0.05) is 0 Å². The zero-order valence-corrected chi connectivity index (χ0v) is 21.0. The summed E-state index contributed by atoms with van der Waals surface area (Å²) >= 11 is 1.62. The van der Waals surface area contributed by atoms with Gasteiger partial charge in [0.05, 0.1) is 11.2 Å². The van der Waals surface area contributed by atoms with E-state index < -0.39 is 24.4 Å². The van der Waals surface area contributed by atoms with Crippen molar-refractivity contribution < 1.29 is 19.7 Å². The lowest BCUT2D eigenvalue weighted by atomic mass is 10.1. The van der Waals surface area contributed by atoms with E-state index in [1.54, 1.807) is 15.9 Å². The highest BCUT2D eigenvalue weighted by molar-refractivity contribution is 7.15. The smallest absolute Gasteiger partial charge is 0.152 e. The van der Waals surface area contributed by atoms with Gasteiger partial charge in [-0.25, -0.2) is 14.5 Å². The first-order valence-corrected chi connectivity index (χ1v) is 12.7. The van der Waals surface area contributed by atoms with Crippen LogP contribution in [0.3, 0.4) is 0 Å². The van der Waals surface area contributed by atoms with Gasteiger partial charge in [-0.3, -0.25) is 0 Å². The van der Waals surface area contributed by atoms with Gasteiger partial charge in [-0.05, 0) is 49.4 Å². The SMILES string of the molecule is CNc1ccc2ccc(OC[C@H]3O[C@@H](c4cc(-c5ccc(C)s5)c5c(N)ncnn45)[C@H](O)[C@@H]3O)cc2n1. The van der Waals surface area contributed by atoms with Crippen LogP contribution >= 0.6 is 11.3 Å². The van der Waals surface area contributed by atoms with E-state index in [-0.39, 0.29) is 6.61 Å². The van der Waals surface area contributed by atoms with E-state index in [9.17, 15) is 10.2 Å². The first-order chi connectivity index (χ1) is 17.9. The summed E-state index contributed by atoms with van der Waals surface area (Å²) in [6, 6.07) is 15.4. The summed E-state index contributed by atoms with van der Waals surface area (Å²) in [6.45, 7) is 2.08. The number of aryl methyl sites for hydroxylation is 1. The van der Waals surface area contributed by atoms with E-state index in [0.29, 0.717) is 22.8 Å². The normalized spacial score (nSPS) is 21.6. The molecule has 0 saturated carbocycles. The van der Waals surface area contributed by atoms with Crippen molar-refractivity contribution in [1.29, 1.82) is 0 Å². The molecule has 4 atom stereocenters. The summed E-state index contributed by atoms with van der Waals surface area (Å²) in [7, 11) is 1.81. The van der Waals surface area contributed by atoms with Crippen LogP contribution in [0.5, 0.6) is 5.75 Å². The topological polar surface area (TPSA) is 140 Å². The number of aliphatic hydroxyl groups excluding tert-OH is 2. The maximum absolute atomic E-state index is 11.0. The predicted molar refractivity (Wildman–Crippen MR) is 142 cm³/mol. The average Bonchev–Trinajstić information content (AvgIpc) is 3.59. The standard InChI is InChI=1S/C26H26N6O4S/c1-13-3-7-20(37-13)16-10-18(32-22(16)26(27)29-12-30-32)25-24(34)23(33)19(36-25)11-35-15-6-4-14-5-8-21(28-2)31-17(14)9-15/h3-10,12,19,23-25,33-34H,11H2,1-2H3,(H,28,31)(H2,27,29,30)/t19-,23-,24-,25+/m1/s1. The molecule has 1 saturated heterocycles. The number of aliphatic hydroxyl groups is 2. The highest BCUT2D eigenvalue weighted by atomic mass is 32.1. The largest absolute Gasteiger partial charge is 0.491 e. The molecule has 10 nitrogen and oxygen atoms in total. The quantitative estimate of drug-likeness (QED) is 0.267. The Balaban J connectivity index is 1.27. The second kappa shape index (κ2) is 9.27. The molecule has 6 rings (SSSR count). The lowest BCUT2D eigenvalue weighted by Crippen LogP contribution is -2.34. The van der Waals surface area contributed by atoms with Crippen LogP contribution < -0.4 is 15.8 Å². The molecule has 0 spiro atoms. The molecule has 1 fully saturated rings. The summed E-state index contributed by atoms with van der Waals surface area (Å²) in [6.07, 6.45) is -2.57. The lowest BCUT2D eigenvalue weighted by Gasteiger charge is -2.16. The molecule has 5 heterocycles. The maximum Gasteiger partial charge on any atom is 0.152 e. The number of anilines is 2. The number of ether oxygens (including phenoxy) is 2. The third kappa shape index (κ3) is 4.15. The lowest BCUT2D eigenvalue weighted by molar-refractivity contribution is -0.0187. The Morgan fingerprint density at radius 1 is 1.14 bits per heavy atom. The van der Waals surface area contributed by atoms with Gasteiger partial charge in [0.2, 0.25) is 0 Å². The Hall–Kier alpha value is -3.77. The first kappa shape index (κ1) is 23.6. The van der Waals surface area contributed by atoms with Crippen LogP contribution in [0.2, 0.25) is 0 Å². The van der Waals surface area contributed by atoms with Crippen LogP contribution in [-0.4, -0.2) is 61.8 Å². The van der Waals surface area contributed by atoms with Crippen LogP contribution in [-0.2, 0) is 4.74 Å². The molecule has 5 N–H and O–H groups in total. The Morgan fingerprint density at radius 3 is 2.76 bits per heavy atom. The number of pyridine rings is 1. The number of rotatable bonds is 6. The number of fused-ring (bicyclic) bond motifs is 2. The number of hydrogen-bond acceptors (Lipinski definition) is 10. The predicted octanol–water partition coefficient (Wildman–Crippen LogP) is 3.18. The summed E-state index contributed by atoms with van der Waals surface area (Å²) in [4.78, 5) is 10.9. The summed E-state index contributed by atoms with van der Waals surface area (Å²) in [5.41, 5.74) is 9.06. The van der Waals surface area contributed by atoms with Crippen molar-refractivity contribution in [3.63, 3.8) is 0 Å². The molecular weight excluding hydrogens is 492 g/mol. The van der Waals surface area contributed by atoms with Gasteiger partial charge in [-0.2, -0.15) is 5.10 Å². The first-order valence-electron chi connectivity index (χ1n) is 11.8.